The van der Waals surface area contributed by atoms with Crippen LogP contribution in [0, 0.1) is 5.92 Å². The summed E-state index contributed by atoms with van der Waals surface area (Å²) in [6.07, 6.45) is 3.25. The molecule has 0 aliphatic carbocycles. The zero-order valence-electron chi connectivity index (χ0n) is 15.3. The number of hydrogen-bond donors (Lipinski definition) is 2. The smallest absolute Gasteiger partial charge is 0.257 e. The van der Waals surface area contributed by atoms with Crippen molar-refractivity contribution < 1.29 is 23.6 Å². The zero-order valence-corrected chi connectivity index (χ0v) is 15.3. The van der Waals surface area contributed by atoms with E-state index in [1.807, 2.05) is 0 Å². The number of hydrogen-bond acceptors (Lipinski definition) is 4. The van der Waals surface area contributed by atoms with Gasteiger partial charge in [0, 0.05) is 19.5 Å². The molecule has 0 radical (unpaired) electrons. The van der Waals surface area contributed by atoms with Crippen LogP contribution in [0.15, 0.2) is 23.0 Å². The molecule has 0 unspecified atom stereocenters. The van der Waals surface area contributed by atoms with Gasteiger partial charge in [0.05, 0.1) is 38.1 Å². The molecule has 1 fully saturated rings. The normalized spacial score (nSPS) is 15.3. The van der Waals surface area contributed by atoms with E-state index in [9.17, 15) is 9.59 Å². The van der Waals surface area contributed by atoms with Gasteiger partial charge in [0.25, 0.3) is 5.91 Å². The maximum Gasteiger partial charge on any atom is 0.257 e. The van der Waals surface area contributed by atoms with E-state index in [1.54, 1.807) is 11.0 Å². The largest absolute Gasteiger partial charge is 0.472 e. The molecule has 0 atom stereocenters. The maximum atomic E-state index is 12.5. The van der Waals surface area contributed by atoms with Crippen LogP contribution in [0.4, 0.5) is 0 Å². The molecule has 2 amide bonds. The van der Waals surface area contributed by atoms with E-state index < -0.39 is 0 Å². The monoisotopic (exact) mass is 352 g/mol. The average molecular weight is 352 g/mol. The molecule has 0 spiro atoms. The Morgan fingerprint density at radius 1 is 1.32 bits per heavy atom. The van der Waals surface area contributed by atoms with E-state index >= 15 is 0 Å². The van der Waals surface area contributed by atoms with Crippen LogP contribution >= 0.6 is 0 Å². The summed E-state index contributed by atoms with van der Waals surface area (Å²) in [5.41, 5.74) is 0.525. The van der Waals surface area contributed by atoms with Crippen molar-refractivity contribution in [1.29, 1.82) is 0 Å². The maximum absolute atomic E-state index is 12.5. The summed E-state index contributed by atoms with van der Waals surface area (Å²) in [7, 11) is 0. The topological polar surface area (TPSA) is 76.2 Å². The van der Waals surface area contributed by atoms with Gasteiger partial charge in [-0.15, -0.1) is 0 Å². The summed E-state index contributed by atoms with van der Waals surface area (Å²) in [5, 5.41) is 2.96. The summed E-state index contributed by atoms with van der Waals surface area (Å²) >= 11 is 0. The van der Waals surface area contributed by atoms with Gasteiger partial charge in [0.15, 0.2) is 0 Å². The summed E-state index contributed by atoms with van der Waals surface area (Å²) in [5.74, 6) is 0.234. The van der Waals surface area contributed by atoms with Gasteiger partial charge in [-0.2, -0.15) is 0 Å². The molecule has 25 heavy (non-hydrogen) atoms. The Labute approximate surface area is 149 Å². The molecule has 140 valence electrons. The summed E-state index contributed by atoms with van der Waals surface area (Å²) in [4.78, 5) is 27.8. The van der Waals surface area contributed by atoms with E-state index in [-0.39, 0.29) is 11.8 Å². The van der Waals surface area contributed by atoms with Crippen molar-refractivity contribution in [2.45, 2.75) is 20.3 Å². The quantitative estimate of drug-likeness (QED) is 0.645. The molecule has 1 saturated heterocycles. The molecule has 7 heteroatoms. The number of ether oxygens (including phenoxy) is 1. The minimum Gasteiger partial charge on any atom is -0.472 e. The van der Waals surface area contributed by atoms with Crippen molar-refractivity contribution in [2.24, 2.45) is 5.92 Å². The standard InChI is InChI=1S/C18H29N3O4/c1-15(2)13-21(18(23)16-4-10-25-14-16)6-3-17(22)19-5-7-20-8-11-24-12-9-20/h4,10,14-15H,3,5-9,11-13H2,1-2H3,(H,19,22)/p+1. The number of amides is 2. The fourth-order valence-electron chi connectivity index (χ4n) is 2.90. The fourth-order valence-corrected chi connectivity index (χ4v) is 2.90. The number of quaternary nitrogens is 1. The number of nitrogens with zero attached hydrogens (tertiary/aromatic N) is 1. The van der Waals surface area contributed by atoms with Crippen LogP contribution in [-0.4, -0.2) is 69.2 Å². The zero-order chi connectivity index (χ0) is 18.1. The Bertz CT molecular complexity index is 524. The summed E-state index contributed by atoms with van der Waals surface area (Å²) < 4.78 is 10.3. The van der Waals surface area contributed by atoms with Crippen molar-refractivity contribution in [3.63, 3.8) is 0 Å². The molecule has 1 aromatic heterocycles. The van der Waals surface area contributed by atoms with E-state index in [1.165, 1.54) is 17.4 Å². The minimum absolute atomic E-state index is 0.0126. The third kappa shape index (κ3) is 6.88. The molecular formula is C18H30N3O4+. The molecule has 1 aromatic rings. The highest BCUT2D eigenvalue weighted by atomic mass is 16.5. The van der Waals surface area contributed by atoms with Gasteiger partial charge in [-0.25, -0.2) is 0 Å². The lowest BCUT2D eigenvalue weighted by Crippen LogP contribution is -3.14. The lowest BCUT2D eigenvalue weighted by atomic mass is 10.1. The fraction of sp³-hybridized carbons (Fsp3) is 0.667. The predicted molar refractivity (Wildman–Crippen MR) is 93.5 cm³/mol. The third-order valence-electron chi connectivity index (χ3n) is 4.25. The molecule has 1 aliphatic rings. The van der Waals surface area contributed by atoms with Crippen molar-refractivity contribution >= 4 is 11.8 Å². The molecular weight excluding hydrogens is 322 g/mol. The van der Waals surface area contributed by atoms with Gasteiger partial charge < -0.3 is 24.3 Å². The molecule has 2 N–H and O–H groups in total. The number of rotatable bonds is 9. The lowest BCUT2D eigenvalue weighted by molar-refractivity contribution is -0.906. The molecule has 0 aromatic carbocycles. The molecule has 2 heterocycles. The first-order valence-corrected chi connectivity index (χ1v) is 9.05. The second-order valence-corrected chi connectivity index (χ2v) is 6.87. The number of nitrogens with one attached hydrogen (secondary N) is 2. The second kappa shape index (κ2) is 10.2. The Kier molecular flexibility index (Phi) is 7.94. The number of carbonyl (C=O) groups is 2. The van der Waals surface area contributed by atoms with Crippen molar-refractivity contribution in [1.82, 2.24) is 10.2 Å². The molecule has 7 nitrogen and oxygen atoms in total. The van der Waals surface area contributed by atoms with Gasteiger partial charge in [-0.05, 0) is 12.0 Å². The predicted octanol–water partition coefficient (Wildman–Crippen LogP) is -0.201. The van der Waals surface area contributed by atoms with Crippen molar-refractivity contribution in [2.75, 3.05) is 52.5 Å². The highest BCUT2D eigenvalue weighted by Gasteiger charge is 2.19. The van der Waals surface area contributed by atoms with Gasteiger partial charge in [0.2, 0.25) is 5.91 Å². The highest BCUT2D eigenvalue weighted by Crippen LogP contribution is 2.09. The first kappa shape index (κ1) is 19.5. The Hall–Kier alpha value is -1.86. The Morgan fingerprint density at radius 2 is 2.08 bits per heavy atom. The van der Waals surface area contributed by atoms with Crippen LogP contribution in [0.5, 0.6) is 0 Å². The number of carbonyl (C=O) groups excluding carboxylic acids is 2. The van der Waals surface area contributed by atoms with Crippen LogP contribution in [0.25, 0.3) is 0 Å². The van der Waals surface area contributed by atoms with Crippen LogP contribution in [0.2, 0.25) is 0 Å². The van der Waals surface area contributed by atoms with Crippen molar-refractivity contribution in [3.8, 4) is 0 Å². The van der Waals surface area contributed by atoms with E-state index in [0.717, 1.165) is 32.8 Å². The van der Waals surface area contributed by atoms with Crippen molar-refractivity contribution in [3.05, 3.63) is 24.2 Å². The van der Waals surface area contributed by atoms with E-state index in [4.69, 9.17) is 9.15 Å². The van der Waals surface area contributed by atoms with E-state index in [0.29, 0.717) is 37.5 Å². The lowest BCUT2D eigenvalue weighted by Gasteiger charge is -2.25. The van der Waals surface area contributed by atoms with Gasteiger partial charge in [-0.1, -0.05) is 13.8 Å². The van der Waals surface area contributed by atoms with Crippen LogP contribution in [0.3, 0.4) is 0 Å². The summed E-state index contributed by atoms with van der Waals surface area (Å²) in [6, 6.07) is 1.65. The second-order valence-electron chi connectivity index (χ2n) is 6.87. The molecule has 1 aliphatic heterocycles. The van der Waals surface area contributed by atoms with Crippen LogP contribution in [-0.2, 0) is 9.53 Å². The first-order valence-electron chi connectivity index (χ1n) is 9.05. The molecule has 0 bridgehead atoms. The van der Waals surface area contributed by atoms with E-state index in [2.05, 4.69) is 19.2 Å². The van der Waals surface area contributed by atoms with Crippen LogP contribution in [0.1, 0.15) is 30.6 Å². The van der Waals surface area contributed by atoms with Gasteiger partial charge >= 0.3 is 0 Å². The minimum atomic E-state index is -0.0898. The van der Waals surface area contributed by atoms with Gasteiger partial charge in [0.1, 0.15) is 19.4 Å². The van der Waals surface area contributed by atoms with Crippen LogP contribution < -0.4 is 10.2 Å². The first-order chi connectivity index (χ1) is 12.1. The highest BCUT2D eigenvalue weighted by molar-refractivity contribution is 5.94. The number of furan rings is 1. The Morgan fingerprint density at radius 3 is 2.72 bits per heavy atom. The average Bonchev–Trinajstić information content (AvgIpc) is 3.13. The number of morpholine rings is 1. The molecule has 2 rings (SSSR count). The van der Waals surface area contributed by atoms with Gasteiger partial charge in [-0.3, -0.25) is 9.59 Å². The SMILES string of the molecule is CC(C)CN(CCC(=O)NCC[NH+]1CCOCC1)C(=O)c1ccoc1. The summed E-state index contributed by atoms with van der Waals surface area (Å²) in [6.45, 7) is 10.3. The molecule has 0 saturated carbocycles. The third-order valence-corrected chi connectivity index (χ3v) is 4.25. The Balaban J connectivity index is 1.73.